The lowest BCUT2D eigenvalue weighted by Gasteiger charge is -2.29. The van der Waals surface area contributed by atoms with Gasteiger partial charge < -0.3 is 5.32 Å². The first-order valence-corrected chi connectivity index (χ1v) is 8.53. The van der Waals surface area contributed by atoms with Gasteiger partial charge in [0.05, 0.1) is 5.75 Å². The van der Waals surface area contributed by atoms with Gasteiger partial charge >= 0.3 is 0 Å². The zero-order valence-electron chi connectivity index (χ0n) is 12.2. The first kappa shape index (κ1) is 16.3. The van der Waals surface area contributed by atoms with Gasteiger partial charge in [0, 0.05) is 17.4 Å². The quantitative estimate of drug-likeness (QED) is 0.893. The second kappa shape index (κ2) is 7.78. The number of nitrogens with one attached hydrogen (secondary N) is 1. The van der Waals surface area contributed by atoms with E-state index in [1.807, 2.05) is 0 Å². The first-order chi connectivity index (χ1) is 10.1. The molecule has 5 heteroatoms. The molecule has 1 fully saturated rings. The Morgan fingerprint density at radius 2 is 2.10 bits per heavy atom. The van der Waals surface area contributed by atoms with Crippen molar-refractivity contribution >= 4 is 17.7 Å². The highest BCUT2D eigenvalue weighted by molar-refractivity contribution is 7.99. The van der Waals surface area contributed by atoms with Crippen molar-refractivity contribution in [3.63, 3.8) is 0 Å². The maximum atomic E-state index is 13.5. The predicted molar refractivity (Wildman–Crippen MR) is 82.1 cm³/mol. The number of thioether (sulfide) groups is 1. The molecule has 1 N–H and O–H groups in total. The van der Waals surface area contributed by atoms with Gasteiger partial charge in [-0.2, -0.15) is 0 Å². The summed E-state index contributed by atoms with van der Waals surface area (Å²) in [6.45, 7) is 2.17. The minimum Gasteiger partial charge on any atom is -0.352 e. The van der Waals surface area contributed by atoms with Crippen LogP contribution < -0.4 is 5.32 Å². The Balaban J connectivity index is 1.75. The smallest absolute Gasteiger partial charge is 0.230 e. The van der Waals surface area contributed by atoms with Crippen LogP contribution in [0, 0.1) is 17.6 Å². The van der Waals surface area contributed by atoms with Gasteiger partial charge in [-0.25, -0.2) is 8.78 Å². The molecule has 2 unspecified atom stereocenters. The summed E-state index contributed by atoms with van der Waals surface area (Å²) in [5.41, 5.74) is 0.304. The Morgan fingerprint density at radius 3 is 2.86 bits per heavy atom. The number of benzene rings is 1. The van der Waals surface area contributed by atoms with Gasteiger partial charge in [-0.15, -0.1) is 11.8 Å². The Kier molecular flexibility index (Phi) is 6.03. The Labute approximate surface area is 128 Å². The van der Waals surface area contributed by atoms with Gasteiger partial charge in [-0.05, 0) is 24.8 Å². The van der Waals surface area contributed by atoms with E-state index in [2.05, 4.69) is 12.2 Å². The predicted octanol–water partition coefficient (Wildman–Crippen LogP) is 3.89. The maximum absolute atomic E-state index is 13.5. The molecule has 1 aromatic carbocycles. The van der Waals surface area contributed by atoms with Crippen LogP contribution in [0.5, 0.6) is 0 Å². The van der Waals surface area contributed by atoms with Crippen LogP contribution in [0.15, 0.2) is 18.2 Å². The highest BCUT2D eigenvalue weighted by atomic mass is 32.2. The zero-order chi connectivity index (χ0) is 15.2. The molecular formula is C16H21F2NOS. The molecule has 1 saturated carbocycles. The van der Waals surface area contributed by atoms with Crippen molar-refractivity contribution in [2.45, 2.75) is 44.4 Å². The summed E-state index contributed by atoms with van der Waals surface area (Å²) in [6.07, 6.45) is 4.60. The molecular weight excluding hydrogens is 292 g/mol. The molecule has 0 radical (unpaired) electrons. The number of carbonyl (C=O) groups excluding carboxylic acids is 1. The highest BCUT2D eigenvalue weighted by Gasteiger charge is 2.22. The fourth-order valence-corrected chi connectivity index (χ4v) is 3.51. The number of halogens is 2. The van der Waals surface area contributed by atoms with Gasteiger partial charge in [0.1, 0.15) is 0 Å². The lowest BCUT2D eigenvalue weighted by atomic mass is 9.86. The van der Waals surface area contributed by atoms with Crippen LogP contribution in [-0.4, -0.2) is 17.7 Å². The third kappa shape index (κ3) is 4.70. The van der Waals surface area contributed by atoms with Gasteiger partial charge in [0.15, 0.2) is 11.6 Å². The van der Waals surface area contributed by atoms with Gasteiger partial charge in [-0.3, -0.25) is 4.79 Å². The van der Waals surface area contributed by atoms with Crippen LogP contribution in [0.2, 0.25) is 0 Å². The molecule has 0 aromatic heterocycles. The summed E-state index contributed by atoms with van der Waals surface area (Å²) in [5.74, 6) is -0.569. The van der Waals surface area contributed by atoms with Crippen LogP contribution in [0.1, 0.15) is 38.2 Å². The Hall–Kier alpha value is -1.10. The molecule has 0 bridgehead atoms. The molecule has 0 heterocycles. The molecule has 1 aromatic rings. The lowest BCUT2D eigenvalue weighted by Crippen LogP contribution is -2.41. The Bertz CT molecular complexity index is 495. The molecule has 2 atom stereocenters. The van der Waals surface area contributed by atoms with Crippen LogP contribution >= 0.6 is 11.8 Å². The van der Waals surface area contributed by atoms with Crippen LogP contribution in [-0.2, 0) is 10.5 Å². The maximum Gasteiger partial charge on any atom is 0.230 e. The summed E-state index contributed by atoms with van der Waals surface area (Å²) < 4.78 is 26.5. The standard InChI is InChI=1S/C16H21F2NOS/c1-11-5-2-3-8-14(11)19-15(20)10-21-9-12-6-4-7-13(17)16(12)18/h4,6-7,11,14H,2-3,5,8-10H2,1H3,(H,19,20). The molecule has 0 saturated heterocycles. The molecule has 2 rings (SSSR count). The number of hydrogen-bond acceptors (Lipinski definition) is 2. The van der Waals surface area contributed by atoms with E-state index in [0.29, 0.717) is 17.2 Å². The third-order valence-electron chi connectivity index (χ3n) is 3.98. The SMILES string of the molecule is CC1CCCCC1NC(=O)CSCc1cccc(F)c1F. The van der Waals surface area contributed by atoms with E-state index in [1.165, 1.54) is 24.2 Å². The monoisotopic (exact) mass is 313 g/mol. The normalized spacial score (nSPS) is 22.0. The van der Waals surface area contributed by atoms with Gasteiger partial charge in [0.2, 0.25) is 5.91 Å². The number of carbonyl (C=O) groups is 1. The average molecular weight is 313 g/mol. The fourth-order valence-electron chi connectivity index (χ4n) is 2.69. The number of hydrogen-bond donors (Lipinski definition) is 1. The minimum absolute atomic E-state index is 0.0180. The number of amides is 1. The summed E-state index contributed by atoms with van der Waals surface area (Å²) in [5, 5.41) is 3.05. The van der Waals surface area contributed by atoms with Gasteiger partial charge in [-0.1, -0.05) is 31.9 Å². The van der Waals surface area contributed by atoms with E-state index in [0.717, 1.165) is 25.3 Å². The lowest BCUT2D eigenvalue weighted by molar-refractivity contribution is -0.119. The van der Waals surface area contributed by atoms with Gasteiger partial charge in [0.25, 0.3) is 0 Å². The minimum atomic E-state index is -0.839. The van der Waals surface area contributed by atoms with Crippen LogP contribution in [0.3, 0.4) is 0 Å². The zero-order valence-corrected chi connectivity index (χ0v) is 13.0. The summed E-state index contributed by atoms with van der Waals surface area (Å²) >= 11 is 1.31. The largest absolute Gasteiger partial charge is 0.352 e. The second-order valence-electron chi connectivity index (χ2n) is 5.64. The molecule has 0 aliphatic heterocycles. The summed E-state index contributed by atoms with van der Waals surface area (Å²) in [6, 6.07) is 4.39. The summed E-state index contributed by atoms with van der Waals surface area (Å²) in [7, 11) is 0. The van der Waals surface area contributed by atoms with E-state index in [1.54, 1.807) is 6.07 Å². The van der Waals surface area contributed by atoms with Crippen LogP contribution in [0.4, 0.5) is 8.78 Å². The number of rotatable bonds is 5. The first-order valence-electron chi connectivity index (χ1n) is 7.38. The molecule has 21 heavy (non-hydrogen) atoms. The highest BCUT2D eigenvalue weighted by Crippen LogP contribution is 2.24. The Morgan fingerprint density at radius 1 is 1.33 bits per heavy atom. The second-order valence-corrected chi connectivity index (χ2v) is 6.63. The molecule has 2 nitrogen and oxygen atoms in total. The van der Waals surface area contributed by atoms with Crippen molar-refractivity contribution in [2.24, 2.45) is 5.92 Å². The van der Waals surface area contributed by atoms with Crippen molar-refractivity contribution < 1.29 is 13.6 Å². The van der Waals surface area contributed by atoms with Crippen molar-refractivity contribution in [1.82, 2.24) is 5.32 Å². The van der Waals surface area contributed by atoms with Crippen molar-refractivity contribution in [2.75, 3.05) is 5.75 Å². The van der Waals surface area contributed by atoms with Crippen LogP contribution in [0.25, 0.3) is 0 Å². The van der Waals surface area contributed by atoms with Crippen molar-refractivity contribution in [3.05, 3.63) is 35.4 Å². The van der Waals surface area contributed by atoms with E-state index in [-0.39, 0.29) is 17.7 Å². The average Bonchev–Trinajstić information content (AvgIpc) is 2.46. The van der Waals surface area contributed by atoms with E-state index in [4.69, 9.17) is 0 Å². The summed E-state index contributed by atoms with van der Waals surface area (Å²) in [4.78, 5) is 11.9. The molecule has 1 aliphatic carbocycles. The van der Waals surface area contributed by atoms with Crippen molar-refractivity contribution in [1.29, 1.82) is 0 Å². The molecule has 1 aliphatic rings. The van der Waals surface area contributed by atoms with Crippen molar-refractivity contribution in [3.8, 4) is 0 Å². The van der Waals surface area contributed by atoms with E-state index < -0.39 is 11.6 Å². The van der Waals surface area contributed by atoms with E-state index in [9.17, 15) is 13.6 Å². The molecule has 1 amide bonds. The molecule has 0 spiro atoms. The third-order valence-corrected chi connectivity index (χ3v) is 4.96. The topological polar surface area (TPSA) is 29.1 Å². The fraction of sp³-hybridized carbons (Fsp3) is 0.562. The molecule has 116 valence electrons. The van der Waals surface area contributed by atoms with E-state index >= 15 is 0 Å².